The molecule has 4 rings (SSSR count). The summed E-state index contributed by atoms with van der Waals surface area (Å²) >= 11 is 1.69. The lowest BCUT2D eigenvalue weighted by Gasteiger charge is -2.10. The van der Waals surface area contributed by atoms with E-state index in [0.29, 0.717) is 0 Å². The van der Waals surface area contributed by atoms with Crippen LogP contribution in [-0.2, 0) is 0 Å². The summed E-state index contributed by atoms with van der Waals surface area (Å²) in [6, 6.07) is 10.1. The lowest BCUT2D eigenvalue weighted by atomic mass is 10.0. The summed E-state index contributed by atoms with van der Waals surface area (Å²) in [5, 5.41) is 5.70. The van der Waals surface area contributed by atoms with Gasteiger partial charge in [0.05, 0.1) is 4.70 Å². The van der Waals surface area contributed by atoms with Crippen LogP contribution in [0.5, 0.6) is 0 Å². The Morgan fingerprint density at radius 1 is 1.00 bits per heavy atom. The average Bonchev–Trinajstić information content (AvgIpc) is 2.70. The summed E-state index contributed by atoms with van der Waals surface area (Å²) in [4.78, 5) is 0. The summed E-state index contributed by atoms with van der Waals surface area (Å²) in [5.41, 5.74) is 16.0. The Bertz CT molecular complexity index is 977. The van der Waals surface area contributed by atoms with Gasteiger partial charge >= 0.3 is 0 Å². The molecule has 3 nitrogen and oxygen atoms in total. The van der Waals surface area contributed by atoms with Crippen molar-refractivity contribution in [3.63, 3.8) is 0 Å². The molecule has 2 aromatic carbocycles. The van der Waals surface area contributed by atoms with E-state index in [2.05, 4.69) is 17.5 Å². The Hall–Kier alpha value is -2.72. The molecule has 1 aliphatic heterocycles. The number of allylic oxidation sites excluding steroid dienone is 4. The molecule has 1 aliphatic rings. The summed E-state index contributed by atoms with van der Waals surface area (Å²) in [7, 11) is 0. The minimum absolute atomic E-state index is 0.757. The fourth-order valence-corrected chi connectivity index (χ4v) is 4.01. The molecule has 0 saturated carbocycles. The number of anilines is 2. The second-order valence-electron chi connectivity index (χ2n) is 5.24. The third kappa shape index (κ3) is 1.96. The van der Waals surface area contributed by atoms with Crippen LogP contribution in [0.2, 0.25) is 0 Å². The van der Waals surface area contributed by atoms with E-state index < -0.39 is 0 Å². The third-order valence-corrected chi connectivity index (χ3v) is 4.96. The van der Waals surface area contributed by atoms with Crippen molar-refractivity contribution in [1.29, 1.82) is 0 Å². The van der Waals surface area contributed by atoms with E-state index in [1.165, 1.54) is 10.8 Å². The van der Waals surface area contributed by atoms with Gasteiger partial charge in [-0.3, -0.25) is 0 Å². The smallest absolute Gasteiger partial charge is 0.0585 e. The molecule has 0 fully saturated rings. The molecular weight excluding hydrogens is 290 g/mol. The maximum absolute atomic E-state index is 6.14. The highest BCUT2D eigenvalue weighted by Gasteiger charge is 2.14. The lowest BCUT2D eigenvalue weighted by molar-refractivity contribution is 1.23. The summed E-state index contributed by atoms with van der Waals surface area (Å²) in [5.74, 6) is 0. The van der Waals surface area contributed by atoms with Crippen LogP contribution in [0.3, 0.4) is 0 Å². The van der Waals surface area contributed by atoms with E-state index >= 15 is 0 Å². The lowest BCUT2D eigenvalue weighted by Crippen LogP contribution is -2.03. The fraction of sp³-hybridized carbons (Fsp3) is 0. The molecule has 0 atom stereocenters. The monoisotopic (exact) mass is 305 g/mol. The Balaban J connectivity index is 2.11. The normalized spacial score (nSPS) is 14.1. The first-order valence-electron chi connectivity index (χ1n) is 7.04. The van der Waals surface area contributed by atoms with Gasteiger partial charge in [-0.25, -0.2) is 0 Å². The maximum Gasteiger partial charge on any atom is 0.0585 e. The number of hydrogen-bond donors (Lipinski definition) is 3. The quantitative estimate of drug-likeness (QED) is 0.589. The Kier molecular flexibility index (Phi) is 2.91. The first-order valence-corrected chi connectivity index (χ1v) is 7.86. The number of hydrogen-bond acceptors (Lipinski definition) is 4. The number of nitrogens with one attached hydrogen (secondary N) is 1. The molecule has 0 unspecified atom stereocenters. The minimum atomic E-state index is 0.757. The molecule has 2 heterocycles. The predicted octanol–water partition coefficient (Wildman–Crippen LogP) is 4.23. The third-order valence-electron chi connectivity index (χ3n) is 3.76. The number of benzene rings is 2. The van der Waals surface area contributed by atoms with Gasteiger partial charge in [-0.05, 0) is 30.4 Å². The second kappa shape index (κ2) is 4.93. The number of thiophene rings is 1. The second-order valence-corrected chi connectivity index (χ2v) is 6.29. The zero-order valence-electron chi connectivity index (χ0n) is 11.8. The van der Waals surface area contributed by atoms with Crippen molar-refractivity contribution in [2.45, 2.75) is 0 Å². The molecule has 0 amide bonds. The molecule has 1 aromatic heterocycles. The van der Waals surface area contributed by atoms with Crippen molar-refractivity contribution in [3.8, 4) is 0 Å². The summed E-state index contributed by atoms with van der Waals surface area (Å²) in [6.07, 6.45) is 9.96. The summed E-state index contributed by atoms with van der Waals surface area (Å²) < 4.78 is 2.27. The van der Waals surface area contributed by atoms with Gasteiger partial charge in [0.15, 0.2) is 0 Å². The summed E-state index contributed by atoms with van der Waals surface area (Å²) in [6.45, 7) is 0. The first-order chi connectivity index (χ1) is 10.7. The van der Waals surface area contributed by atoms with Gasteiger partial charge in [-0.15, -0.1) is 11.3 Å². The maximum atomic E-state index is 6.14. The topological polar surface area (TPSA) is 64.1 Å². The molecule has 5 N–H and O–H groups in total. The van der Waals surface area contributed by atoms with E-state index in [1.54, 1.807) is 11.3 Å². The Morgan fingerprint density at radius 3 is 2.82 bits per heavy atom. The van der Waals surface area contributed by atoms with Crippen LogP contribution < -0.4 is 16.8 Å². The largest absolute Gasteiger partial charge is 0.399 e. The highest BCUT2D eigenvalue weighted by Crippen LogP contribution is 2.41. The van der Waals surface area contributed by atoms with Crippen LogP contribution in [0.25, 0.3) is 25.9 Å². The van der Waals surface area contributed by atoms with E-state index in [0.717, 1.165) is 32.0 Å². The highest BCUT2D eigenvalue weighted by molar-refractivity contribution is 7.26. The standard InChI is InChI=1S/C18H15N3S/c19-11-9-13(15-7-2-1-3-8-21-15)17-12-5-4-6-14(20)18(12)22-16(17)10-11/h1-10,21H,19-20H2. The van der Waals surface area contributed by atoms with Gasteiger partial charge in [0, 0.05) is 44.3 Å². The molecule has 0 bridgehead atoms. The van der Waals surface area contributed by atoms with Crippen LogP contribution in [0, 0.1) is 0 Å². The Labute approximate surface area is 132 Å². The van der Waals surface area contributed by atoms with Crippen LogP contribution in [-0.4, -0.2) is 0 Å². The molecule has 0 aliphatic carbocycles. The number of fused-ring (bicyclic) bond motifs is 3. The van der Waals surface area contributed by atoms with Crippen molar-refractivity contribution in [3.05, 3.63) is 66.4 Å². The number of rotatable bonds is 1. The zero-order valence-corrected chi connectivity index (χ0v) is 12.7. The van der Waals surface area contributed by atoms with Crippen molar-refractivity contribution in [2.24, 2.45) is 0 Å². The van der Waals surface area contributed by atoms with Crippen molar-refractivity contribution >= 4 is 48.6 Å². The molecule has 0 spiro atoms. The van der Waals surface area contributed by atoms with Crippen molar-refractivity contribution in [1.82, 2.24) is 5.32 Å². The minimum Gasteiger partial charge on any atom is -0.399 e. The van der Waals surface area contributed by atoms with Gasteiger partial charge in [-0.2, -0.15) is 0 Å². The van der Waals surface area contributed by atoms with Crippen LogP contribution >= 0.6 is 11.3 Å². The van der Waals surface area contributed by atoms with Gasteiger partial charge in [0.25, 0.3) is 0 Å². The number of nitrogen functional groups attached to an aromatic ring is 2. The first kappa shape index (κ1) is 13.0. The SMILES string of the molecule is Nc1cc(C2=CC=CC=CN2)c2c(c1)sc1c(N)cccc12. The van der Waals surface area contributed by atoms with Crippen LogP contribution in [0.15, 0.2) is 60.8 Å². The van der Waals surface area contributed by atoms with Gasteiger partial charge in [0.2, 0.25) is 0 Å². The van der Waals surface area contributed by atoms with Crippen LogP contribution in [0.1, 0.15) is 5.56 Å². The van der Waals surface area contributed by atoms with E-state index in [1.807, 2.05) is 48.7 Å². The van der Waals surface area contributed by atoms with Gasteiger partial charge in [-0.1, -0.05) is 24.3 Å². The van der Waals surface area contributed by atoms with Crippen molar-refractivity contribution in [2.75, 3.05) is 11.5 Å². The molecule has 0 saturated heterocycles. The van der Waals surface area contributed by atoms with E-state index in [4.69, 9.17) is 11.5 Å². The van der Waals surface area contributed by atoms with E-state index in [-0.39, 0.29) is 0 Å². The van der Waals surface area contributed by atoms with Crippen molar-refractivity contribution < 1.29 is 0 Å². The molecule has 108 valence electrons. The molecule has 22 heavy (non-hydrogen) atoms. The molecule has 0 radical (unpaired) electrons. The fourth-order valence-electron chi connectivity index (χ4n) is 2.81. The predicted molar refractivity (Wildman–Crippen MR) is 97.5 cm³/mol. The zero-order chi connectivity index (χ0) is 15.1. The van der Waals surface area contributed by atoms with E-state index in [9.17, 15) is 0 Å². The molecule has 3 aromatic rings. The highest BCUT2D eigenvalue weighted by atomic mass is 32.1. The number of nitrogens with two attached hydrogens (primary N) is 2. The molecular formula is C18H15N3S. The van der Waals surface area contributed by atoms with Gasteiger partial charge in [0.1, 0.15) is 0 Å². The van der Waals surface area contributed by atoms with Gasteiger partial charge < -0.3 is 16.8 Å². The Morgan fingerprint density at radius 2 is 1.91 bits per heavy atom. The average molecular weight is 305 g/mol. The molecule has 4 heteroatoms. The van der Waals surface area contributed by atoms with Crippen LogP contribution in [0.4, 0.5) is 11.4 Å².